The Morgan fingerprint density at radius 1 is 1.33 bits per heavy atom. The summed E-state index contributed by atoms with van der Waals surface area (Å²) in [7, 11) is 3.40. The Kier molecular flexibility index (Phi) is 4.80. The smallest absolute Gasteiger partial charge is 0.265 e. The van der Waals surface area contributed by atoms with Crippen molar-refractivity contribution in [1.29, 1.82) is 0 Å². The topological polar surface area (TPSA) is 58.4 Å². The summed E-state index contributed by atoms with van der Waals surface area (Å²) >= 11 is 1.35. The molecular formula is C15H18FN3OS. The first-order chi connectivity index (χ1) is 9.97. The molecule has 3 N–H and O–H groups in total. The lowest BCUT2D eigenvalue weighted by Gasteiger charge is -2.08. The Morgan fingerprint density at radius 2 is 2.00 bits per heavy atom. The molecule has 1 aromatic carbocycles. The molecular weight excluding hydrogens is 289 g/mol. The minimum atomic E-state index is -0.232. The van der Waals surface area contributed by atoms with E-state index in [2.05, 4.69) is 5.32 Å². The van der Waals surface area contributed by atoms with E-state index in [1.165, 1.54) is 28.4 Å². The number of nitrogens with zero attached hydrogens (tertiary/aromatic N) is 1. The zero-order chi connectivity index (χ0) is 15.4. The van der Waals surface area contributed by atoms with E-state index in [9.17, 15) is 9.18 Å². The van der Waals surface area contributed by atoms with E-state index in [0.29, 0.717) is 17.1 Å². The molecule has 112 valence electrons. The Labute approximate surface area is 127 Å². The van der Waals surface area contributed by atoms with Crippen LogP contribution in [0.15, 0.2) is 30.3 Å². The summed E-state index contributed by atoms with van der Waals surface area (Å²) in [6.45, 7) is 0.696. The van der Waals surface area contributed by atoms with E-state index >= 15 is 0 Å². The van der Waals surface area contributed by atoms with Crippen LogP contribution in [0.3, 0.4) is 0 Å². The lowest BCUT2D eigenvalue weighted by atomic mass is 10.1. The summed E-state index contributed by atoms with van der Waals surface area (Å²) in [4.78, 5) is 13.9. The van der Waals surface area contributed by atoms with E-state index < -0.39 is 0 Å². The fraction of sp³-hybridized carbons (Fsp3) is 0.267. The predicted octanol–water partition coefficient (Wildman–Crippen LogP) is 2.83. The summed E-state index contributed by atoms with van der Waals surface area (Å²) in [6.07, 6.45) is 0.773. The van der Waals surface area contributed by atoms with Gasteiger partial charge in [0.25, 0.3) is 5.91 Å². The van der Waals surface area contributed by atoms with E-state index in [-0.39, 0.29) is 11.7 Å². The first-order valence-electron chi connectivity index (χ1n) is 6.56. The molecule has 1 amide bonds. The van der Waals surface area contributed by atoms with Gasteiger partial charge in [0.2, 0.25) is 0 Å². The molecule has 1 heterocycles. The number of benzene rings is 1. The molecule has 2 rings (SSSR count). The van der Waals surface area contributed by atoms with Crippen molar-refractivity contribution in [2.75, 3.05) is 31.7 Å². The van der Waals surface area contributed by atoms with E-state index in [0.717, 1.165) is 17.0 Å². The number of nitrogens with one attached hydrogen (secondary N) is 1. The molecule has 0 radical (unpaired) electrons. The first kappa shape index (κ1) is 15.3. The van der Waals surface area contributed by atoms with Gasteiger partial charge in [-0.3, -0.25) is 4.79 Å². The molecule has 0 atom stereocenters. The highest BCUT2D eigenvalue weighted by atomic mass is 32.1. The fourth-order valence-corrected chi connectivity index (χ4v) is 2.87. The second-order valence-corrected chi connectivity index (χ2v) is 5.95. The van der Waals surface area contributed by atoms with Gasteiger partial charge in [0.1, 0.15) is 10.7 Å². The maximum absolute atomic E-state index is 12.8. The largest absolute Gasteiger partial charge is 0.397 e. The van der Waals surface area contributed by atoms with Crippen LogP contribution >= 0.6 is 11.3 Å². The Hall–Kier alpha value is -2.08. The van der Waals surface area contributed by atoms with Crippen LogP contribution in [0.2, 0.25) is 0 Å². The van der Waals surface area contributed by atoms with Crippen LogP contribution in [-0.4, -0.2) is 31.4 Å². The number of halogens is 1. The molecule has 0 saturated heterocycles. The molecule has 0 fully saturated rings. The van der Waals surface area contributed by atoms with Crippen molar-refractivity contribution in [3.8, 4) is 0 Å². The third kappa shape index (κ3) is 3.95. The third-order valence-corrected chi connectivity index (χ3v) is 4.08. The number of nitrogen functional groups attached to an aromatic ring is 1. The molecule has 0 aliphatic heterocycles. The van der Waals surface area contributed by atoms with Gasteiger partial charge in [0, 0.05) is 20.6 Å². The van der Waals surface area contributed by atoms with Crippen LogP contribution in [0.4, 0.5) is 15.1 Å². The van der Waals surface area contributed by atoms with Crippen molar-refractivity contribution in [2.24, 2.45) is 0 Å². The highest BCUT2D eigenvalue weighted by Gasteiger charge is 2.15. The molecule has 0 spiro atoms. The second-order valence-electron chi connectivity index (χ2n) is 4.90. The predicted molar refractivity (Wildman–Crippen MR) is 85.3 cm³/mol. The van der Waals surface area contributed by atoms with Crippen LogP contribution in [0.1, 0.15) is 15.2 Å². The fourth-order valence-electron chi connectivity index (χ4n) is 1.84. The zero-order valence-corrected chi connectivity index (χ0v) is 12.8. The number of rotatable bonds is 5. The molecule has 6 heteroatoms. The van der Waals surface area contributed by atoms with Crippen LogP contribution in [-0.2, 0) is 6.42 Å². The number of thiophene rings is 1. The van der Waals surface area contributed by atoms with Gasteiger partial charge in [0.15, 0.2) is 0 Å². The van der Waals surface area contributed by atoms with Crippen molar-refractivity contribution in [2.45, 2.75) is 6.42 Å². The van der Waals surface area contributed by atoms with E-state index in [4.69, 9.17) is 5.73 Å². The highest BCUT2D eigenvalue weighted by Crippen LogP contribution is 2.29. The Balaban J connectivity index is 1.93. The van der Waals surface area contributed by atoms with Gasteiger partial charge < -0.3 is 16.0 Å². The van der Waals surface area contributed by atoms with Gasteiger partial charge in [0.05, 0.1) is 10.7 Å². The van der Waals surface area contributed by atoms with Gasteiger partial charge in [-0.1, -0.05) is 12.1 Å². The summed E-state index contributed by atoms with van der Waals surface area (Å²) in [5, 5.41) is 4.10. The molecule has 0 aliphatic rings. The van der Waals surface area contributed by atoms with Gasteiger partial charge in [-0.15, -0.1) is 11.3 Å². The lowest BCUT2D eigenvalue weighted by Crippen LogP contribution is -2.21. The monoisotopic (exact) mass is 307 g/mol. The van der Waals surface area contributed by atoms with Crippen LogP contribution < -0.4 is 11.1 Å². The van der Waals surface area contributed by atoms with Crippen LogP contribution in [0.5, 0.6) is 0 Å². The molecule has 4 nitrogen and oxygen atoms in total. The molecule has 1 aromatic heterocycles. The van der Waals surface area contributed by atoms with Crippen LogP contribution in [0.25, 0.3) is 0 Å². The van der Waals surface area contributed by atoms with Crippen molar-refractivity contribution < 1.29 is 9.18 Å². The number of hydrogen-bond acceptors (Lipinski definition) is 4. The first-order valence-corrected chi connectivity index (χ1v) is 7.38. The quantitative estimate of drug-likeness (QED) is 0.893. The number of hydrogen-bond donors (Lipinski definition) is 2. The SMILES string of the molecule is CN(C)C(=O)c1sc(NCCc2ccc(F)cc2)cc1N. The van der Waals surface area contributed by atoms with Gasteiger partial charge in [-0.2, -0.15) is 0 Å². The molecule has 0 aliphatic carbocycles. The third-order valence-electron chi connectivity index (χ3n) is 2.99. The van der Waals surface area contributed by atoms with E-state index in [1.807, 2.05) is 0 Å². The Bertz CT molecular complexity index is 622. The number of anilines is 2. The Morgan fingerprint density at radius 3 is 2.62 bits per heavy atom. The molecule has 0 saturated carbocycles. The standard InChI is InChI=1S/C15H18FN3OS/c1-19(2)15(20)14-12(17)9-13(21-14)18-8-7-10-3-5-11(16)6-4-10/h3-6,9,18H,7-8,17H2,1-2H3. The maximum atomic E-state index is 12.8. The van der Waals surface area contributed by atoms with Gasteiger partial charge in [-0.05, 0) is 30.2 Å². The lowest BCUT2D eigenvalue weighted by molar-refractivity contribution is 0.0833. The second kappa shape index (κ2) is 6.58. The van der Waals surface area contributed by atoms with Crippen molar-refractivity contribution in [1.82, 2.24) is 4.90 Å². The summed E-state index contributed by atoms with van der Waals surface area (Å²) in [5.74, 6) is -0.325. The summed E-state index contributed by atoms with van der Waals surface area (Å²) in [5.41, 5.74) is 7.40. The number of carbonyl (C=O) groups excluding carboxylic acids is 1. The number of carbonyl (C=O) groups is 1. The van der Waals surface area contributed by atoms with Crippen molar-refractivity contribution in [3.63, 3.8) is 0 Å². The summed E-state index contributed by atoms with van der Waals surface area (Å²) in [6, 6.07) is 8.20. The average molecular weight is 307 g/mol. The van der Waals surface area contributed by atoms with E-state index in [1.54, 1.807) is 32.3 Å². The molecule has 21 heavy (non-hydrogen) atoms. The molecule has 2 aromatic rings. The number of nitrogens with two attached hydrogens (primary N) is 1. The maximum Gasteiger partial charge on any atom is 0.265 e. The molecule has 0 bridgehead atoms. The average Bonchev–Trinajstić information content (AvgIpc) is 2.81. The van der Waals surface area contributed by atoms with Crippen LogP contribution in [0, 0.1) is 5.82 Å². The van der Waals surface area contributed by atoms with Crippen molar-refractivity contribution >= 4 is 27.9 Å². The minimum absolute atomic E-state index is 0.0934. The van der Waals surface area contributed by atoms with Gasteiger partial charge in [-0.25, -0.2) is 4.39 Å². The zero-order valence-electron chi connectivity index (χ0n) is 12.0. The minimum Gasteiger partial charge on any atom is -0.397 e. The normalized spacial score (nSPS) is 10.4. The number of amides is 1. The summed E-state index contributed by atoms with van der Waals surface area (Å²) < 4.78 is 12.8. The highest BCUT2D eigenvalue weighted by molar-refractivity contribution is 7.18. The molecule has 0 unspecified atom stereocenters. The van der Waals surface area contributed by atoms with Gasteiger partial charge >= 0.3 is 0 Å². The van der Waals surface area contributed by atoms with Crippen molar-refractivity contribution in [3.05, 3.63) is 46.6 Å².